The summed E-state index contributed by atoms with van der Waals surface area (Å²) in [4.78, 5) is 12.8. The Kier molecular flexibility index (Phi) is 6.33. The van der Waals surface area contributed by atoms with Crippen LogP contribution in [-0.2, 0) is 21.4 Å². The van der Waals surface area contributed by atoms with E-state index in [4.69, 9.17) is 5.14 Å². The van der Waals surface area contributed by atoms with Crippen LogP contribution in [0.4, 0.5) is 0 Å². The smallest absolute Gasteiger partial charge is 0.273 e. The largest absolute Gasteiger partial charge is 0.301 e. The van der Waals surface area contributed by atoms with Gasteiger partial charge in [0.25, 0.3) is 0 Å². The first-order chi connectivity index (χ1) is 11.8. The van der Waals surface area contributed by atoms with Crippen molar-refractivity contribution >= 4 is 16.1 Å². The molecule has 0 spiro atoms. The number of nitrogens with two attached hydrogens (primary N) is 1. The molecule has 0 heterocycles. The van der Waals surface area contributed by atoms with Gasteiger partial charge in [-0.3, -0.25) is 4.79 Å². The number of hydrogen-bond acceptors (Lipinski definition) is 3. The summed E-state index contributed by atoms with van der Waals surface area (Å²) in [5, 5.41) is 5.40. The van der Waals surface area contributed by atoms with Crippen LogP contribution < -0.4 is 5.14 Å². The van der Waals surface area contributed by atoms with E-state index in [9.17, 15) is 13.2 Å². The summed E-state index contributed by atoms with van der Waals surface area (Å²) in [6.07, 6.45) is 1.23. The first kappa shape index (κ1) is 19.1. The molecule has 2 aromatic carbocycles. The molecule has 1 unspecified atom stereocenters. The number of hydrogen-bond donors (Lipinski definition) is 1. The van der Waals surface area contributed by atoms with E-state index in [2.05, 4.69) is 0 Å². The van der Waals surface area contributed by atoms with E-state index in [1.54, 1.807) is 0 Å². The maximum atomic E-state index is 12.8. The number of carbonyl (C=O) groups is 1. The maximum absolute atomic E-state index is 12.8. The lowest BCUT2D eigenvalue weighted by molar-refractivity contribution is -0.127. The summed E-state index contributed by atoms with van der Waals surface area (Å²) in [6, 6.07) is 16.0. The van der Waals surface area contributed by atoms with Crippen molar-refractivity contribution in [2.24, 2.45) is 5.14 Å². The molecule has 1 amide bonds. The van der Waals surface area contributed by atoms with Crippen LogP contribution in [0, 0.1) is 6.92 Å². The van der Waals surface area contributed by atoms with E-state index in [-0.39, 0.29) is 6.42 Å². The Hall–Kier alpha value is -2.18. The maximum Gasteiger partial charge on any atom is 0.301 e. The molecule has 0 bridgehead atoms. The first-order valence-electron chi connectivity index (χ1n) is 8.28. The molecule has 0 aliphatic carbocycles. The monoisotopic (exact) mass is 360 g/mol. The summed E-state index contributed by atoms with van der Waals surface area (Å²) in [5.74, 6) is -0.520. The van der Waals surface area contributed by atoms with Crippen LogP contribution in [-0.4, -0.2) is 18.6 Å². The van der Waals surface area contributed by atoms with E-state index in [1.807, 2.05) is 68.4 Å². The summed E-state index contributed by atoms with van der Waals surface area (Å²) in [7, 11) is -4.18. The van der Waals surface area contributed by atoms with E-state index in [0.717, 1.165) is 27.4 Å². The van der Waals surface area contributed by atoms with Crippen molar-refractivity contribution in [2.75, 3.05) is 0 Å². The fraction of sp³-hybridized carbons (Fsp3) is 0.316. The third-order valence-corrected chi connectivity index (χ3v) is 5.03. The quantitative estimate of drug-likeness (QED) is 0.824. The minimum Gasteiger partial charge on any atom is -0.273 e. The molecule has 134 valence electrons. The average molecular weight is 360 g/mol. The van der Waals surface area contributed by atoms with Crippen LogP contribution in [0.25, 0.3) is 0 Å². The fourth-order valence-electron chi connectivity index (χ4n) is 2.82. The molecule has 2 aromatic rings. The molecule has 2 rings (SSSR count). The predicted molar refractivity (Wildman–Crippen MR) is 98.9 cm³/mol. The highest BCUT2D eigenvalue weighted by Gasteiger charge is 2.32. The lowest BCUT2D eigenvalue weighted by Crippen LogP contribution is -2.44. The molecule has 0 aromatic heterocycles. The molecule has 25 heavy (non-hydrogen) atoms. The van der Waals surface area contributed by atoms with Gasteiger partial charge in [0.1, 0.15) is 0 Å². The van der Waals surface area contributed by atoms with Crippen LogP contribution in [0.15, 0.2) is 54.6 Å². The fourth-order valence-corrected chi connectivity index (χ4v) is 3.75. The molecule has 0 aliphatic heterocycles. The van der Waals surface area contributed by atoms with Crippen molar-refractivity contribution in [2.45, 2.75) is 39.2 Å². The van der Waals surface area contributed by atoms with Crippen molar-refractivity contribution < 1.29 is 13.2 Å². The standard InChI is InChI=1S/C19H24N2O3S/c1-3-7-18(17-8-5-4-6-9-17)21(25(20,23)24)19(22)14-16-12-10-15(2)11-13-16/h4-6,8-13,18H,3,7,14H2,1-2H3,(H2,20,23,24). The van der Waals surface area contributed by atoms with Crippen molar-refractivity contribution in [1.82, 2.24) is 4.31 Å². The average Bonchev–Trinajstić information content (AvgIpc) is 2.56. The van der Waals surface area contributed by atoms with Crippen molar-refractivity contribution in [3.05, 3.63) is 71.3 Å². The van der Waals surface area contributed by atoms with Gasteiger partial charge in [-0.1, -0.05) is 73.5 Å². The summed E-state index contributed by atoms with van der Waals surface area (Å²) in [6.45, 7) is 3.90. The Morgan fingerprint density at radius 2 is 1.68 bits per heavy atom. The molecule has 5 nitrogen and oxygen atoms in total. The molecule has 1 atom stereocenters. The van der Waals surface area contributed by atoms with E-state index in [1.165, 1.54) is 0 Å². The molecule has 0 radical (unpaired) electrons. The van der Waals surface area contributed by atoms with Gasteiger partial charge in [0.2, 0.25) is 5.91 Å². The number of aryl methyl sites for hydroxylation is 1. The van der Waals surface area contributed by atoms with Crippen molar-refractivity contribution in [1.29, 1.82) is 0 Å². The third-order valence-electron chi connectivity index (χ3n) is 4.03. The van der Waals surface area contributed by atoms with Gasteiger partial charge in [0.05, 0.1) is 12.5 Å². The topological polar surface area (TPSA) is 80.5 Å². The molecule has 0 fully saturated rings. The molecular weight excluding hydrogens is 336 g/mol. The Morgan fingerprint density at radius 1 is 1.08 bits per heavy atom. The predicted octanol–water partition coefficient (Wildman–Crippen LogP) is 3.11. The normalized spacial score (nSPS) is 12.6. The molecular formula is C19H24N2O3S. The zero-order valence-electron chi connectivity index (χ0n) is 14.6. The number of nitrogens with zero attached hydrogens (tertiary/aromatic N) is 1. The Bertz CT molecular complexity index is 802. The van der Waals surface area contributed by atoms with Crippen LogP contribution in [0.2, 0.25) is 0 Å². The zero-order valence-corrected chi connectivity index (χ0v) is 15.4. The van der Waals surface area contributed by atoms with Gasteiger partial charge in [-0.2, -0.15) is 8.42 Å². The van der Waals surface area contributed by atoms with Gasteiger partial charge in [-0.05, 0) is 24.5 Å². The second-order valence-corrected chi connectivity index (χ2v) is 7.54. The van der Waals surface area contributed by atoms with Crippen LogP contribution in [0.1, 0.15) is 42.5 Å². The second kappa shape index (κ2) is 8.27. The van der Waals surface area contributed by atoms with Crippen LogP contribution in [0.3, 0.4) is 0 Å². The highest BCUT2D eigenvalue weighted by Crippen LogP contribution is 2.28. The Morgan fingerprint density at radius 3 is 2.20 bits per heavy atom. The number of amides is 1. The van der Waals surface area contributed by atoms with Gasteiger partial charge in [0, 0.05) is 0 Å². The van der Waals surface area contributed by atoms with E-state index >= 15 is 0 Å². The molecule has 0 saturated heterocycles. The lowest BCUT2D eigenvalue weighted by Gasteiger charge is -2.29. The highest BCUT2D eigenvalue weighted by molar-refractivity contribution is 7.87. The number of rotatable bonds is 7. The summed E-state index contributed by atoms with van der Waals surface area (Å²) in [5.41, 5.74) is 2.59. The molecule has 2 N–H and O–H groups in total. The number of benzene rings is 2. The minimum absolute atomic E-state index is 0.0102. The Balaban J connectivity index is 2.36. The first-order valence-corrected chi connectivity index (χ1v) is 9.78. The molecule has 0 saturated carbocycles. The zero-order chi connectivity index (χ0) is 18.4. The minimum atomic E-state index is -4.18. The van der Waals surface area contributed by atoms with Crippen molar-refractivity contribution in [3.8, 4) is 0 Å². The Labute approximate surface area is 149 Å². The van der Waals surface area contributed by atoms with Gasteiger partial charge in [0.15, 0.2) is 0 Å². The summed E-state index contributed by atoms with van der Waals surface area (Å²) < 4.78 is 25.2. The van der Waals surface area contributed by atoms with Gasteiger partial charge >= 0.3 is 10.2 Å². The second-order valence-electron chi connectivity index (χ2n) is 6.11. The third kappa shape index (κ3) is 5.14. The summed E-state index contributed by atoms with van der Waals surface area (Å²) >= 11 is 0. The van der Waals surface area contributed by atoms with Crippen molar-refractivity contribution in [3.63, 3.8) is 0 Å². The lowest BCUT2D eigenvalue weighted by atomic mass is 10.0. The van der Waals surface area contributed by atoms with E-state index in [0.29, 0.717) is 6.42 Å². The number of carbonyl (C=O) groups excluding carboxylic acids is 1. The van der Waals surface area contributed by atoms with E-state index < -0.39 is 22.2 Å². The SMILES string of the molecule is CCCC(c1ccccc1)N(C(=O)Cc1ccc(C)cc1)S(N)(=O)=O. The highest BCUT2D eigenvalue weighted by atomic mass is 32.2. The van der Waals surface area contributed by atoms with Gasteiger partial charge in [-0.15, -0.1) is 0 Å². The van der Waals surface area contributed by atoms with Crippen LogP contribution >= 0.6 is 0 Å². The molecule has 0 aliphatic rings. The van der Waals surface area contributed by atoms with Gasteiger partial charge in [-0.25, -0.2) is 9.44 Å². The van der Waals surface area contributed by atoms with Gasteiger partial charge < -0.3 is 0 Å². The van der Waals surface area contributed by atoms with Crippen LogP contribution in [0.5, 0.6) is 0 Å². The molecule has 6 heteroatoms.